The highest BCUT2D eigenvalue weighted by atomic mass is 32.1. The Morgan fingerprint density at radius 1 is 0.958 bits per heavy atom. The van der Waals surface area contributed by atoms with Gasteiger partial charge in [0.15, 0.2) is 0 Å². The van der Waals surface area contributed by atoms with E-state index in [2.05, 4.69) is 20.6 Å². The van der Waals surface area contributed by atoms with E-state index in [-0.39, 0.29) is 17.5 Å². The Bertz CT molecular complexity index is 849. The fraction of sp³-hybridized carbons (Fsp3) is 0.176. The van der Waals surface area contributed by atoms with Gasteiger partial charge in [0.05, 0.1) is 22.1 Å². The minimum Gasteiger partial charge on any atom is -0.351 e. The molecule has 0 fully saturated rings. The Hall–Kier alpha value is -2.80. The zero-order valence-electron chi connectivity index (χ0n) is 12.9. The maximum Gasteiger partial charge on any atom is 0.271 e. The quantitative estimate of drug-likeness (QED) is 0.674. The molecule has 0 unspecified atom stereocenters. The summed E-state index contributed by atoms with van der Waals surface area (Å²) in [6.07, 6.45) is 2.11. The van der Waals surface area contributed by atoms with Crippen molar-refractivity contribution in [1.29, 1.82) is 0 Å². The molecule has 6 nitrogen and oxygen atoms in total. The van der Waals surface area contributed by atoms with E-state index < -0.39 is 0 Å². The molecule has 24 heavy (non-hydrogen) atoms. The van der Waals surface area contributed by atoms with E-state index in [0.29, 0.717) is 29.9 Å². The SMILES string of the molecule is O=C(NCCCNC(=O)c1cccs1)c1cnc2ccccc2n1. The van der Waals surface area contributed by atoms with Gasteiger partial charge in [0.25, 0.3) is 11.8 Å². The van der Waals surface area contributed by atoms with Gasteiger partial charge in [0.2, 0.25) is 0 Å². The van der Waals surface area contributed by atoms with Crippen LogP contribution in [0.2, 0.25) is 0 Å². The molecule has 0 aliphatic heterocycles. The van der Waals surface area contributed by atoms with E-state index in [0.717, 1.165) is 5.52 Å². The Labute approximate surface area is 142 Å². The van der Waals surface area contributed by atoms with Crippen LogP contribution in [-0.4, -0.2) is 34.9 Å². The van der Waals surface area contributed by atoms with Crippen LogP contribution in [0.3, 0.4) is 0 Å². The number of carbonyl (C=O) groups excluding carboxylic acids is 2. The smallest absolute Gasteiger partial charge is 0.271 e. The van der Waals surface area contributed by atoms with Gasteiger partial charge in [0, 0.05) is 13.1 Å². The number of thiophene rings is 1. The lowest BCUT2D eigenvalue weighted by Gasteiger charge is -2.06. The number of hydrogen-bond donors (Lipinski definition) is 2. The molecule has 0 aliphatic carbocycles. The van der Waals surface area contributed by atoms with Crippen LogP contribution in [0.5, 0.6) is 0 Å². The van der Waals surface area contributed by atoms with Crippen molar-refractivity contribution in [3.63, 3.8) is 0 Å². The van der Waals surface area contributed by atoms with E-state index in [1.165, 1.54) is 17.5 Å². The van der Waals surface area contributed by atoms with Gasteiger partial charge in [-0.1, -0.05) is 18.2 Å². The molecule has 0 bridgehead atoms. The predicted molar refractivity (Wildman–Crippen MR) is 93.1 cm³/mol. The number of aromatic nitrogens is 2. The Morgan fingerprint density at radius 2 is 1.71 bits per heavy atom. The minimum absolute atomic E-state index is 0.0864. The Balaban J connectivity index is 1.44. The molecule has 2 amide bonds. The summed E-state index contributed by atoms with van der Waals surface area (Å²) < 4.78 is 0. The number of amides is 2. The number of rotatable bonds is 6. The highest BCUT2D eigenvalue weighted by molar-refractivity contribution is 7.12. The van der Waals surface area contributed by atoms with Crippen LogP contribution in [0.1, 0.15) is 26.6 Å². The number of nitrogens with zero attached hydrogens (tertiary/aromatic N) is 2. The molecule has 0 saturated carbocycles. The topological polar surface area (TPSA) is 84.0 Å². The highest BCUT2D eigenvalue weighted by Crippen LogP contribution is 2.08. The van der Waals surface area contributed by atoms with Crippen LogP contribution in [0.4, 0.5) is 0 Å². The van der Waals surface area contributed by atoms with Gasteiger partial charge in [-0.3, -0.25) is 14.6 Å². The number of carbonyl (C=O) groups is 2. The third-order valence-corrected chi connectivity index (χ3v) is 4.22. The van der Waals surface area contributed by atoms with Crippen LogP contribution < -0.4 is 10.6 Å². The molecule has 7 heteroatoms. The lowest BCUT2D eigenvalue weighted by atomic mass is 10.3. The third-order valence-electron chi connectivity index (χ3n) is 3.35. The van der Waals surface area contributed by atoms with Crippen LogP contribution in [0.25, 0.3) is 11.0 Å². The van der Waals surface area contributed by atoms with Crippen molar-refractivity contribution in [3.8, 4) is 0 Å². The van der Waals surface area contributed by atoms with Crippen molar-refractivity contribution in [2.45, 2.75) is 6.42 Å². The van der Waals surface area contributed by atoms with Crippen molar-refractivity contribution < 1.29 is 9.59 Å². The average Bonchev–Trinajstić information content (AvgIpc) is 3.15. The maximum absolute atomic E-state index is 12.1. The third kappa shape index (κ3) is 3.94. The van der Waals surface area contributed by atoms with Crippen LogP contribution >= 0.6 is 11.3 Å². The van der Waals surface area contributed by atoms with Crippen molar-refractivity contribution in [2.75, 3.05) is 13.1 Å². The van der Waals surface area contributed by atoms with Gasteiger partial charge in [-0.2, -0.15) is 0 Å². The number of benzene rings is 1. The van der Waals surface area contributed by atoms with E-state index >= 15 is 0 Å². The summed E-state index contributed by atoms with van der Waals surface area (Å²) in [6.45, 7) is 0.957. The molecule has 2 heterocycles. The summed E-state index contributed by atoms with van der Waals surface area (Å²) in [4.78, 5) is 33.0. The van der Waals surface area contributed by atoms with E-state index in [4.69, 9.17) is 0 Å². The van der Waals surface area contributed by atoms with Gasteiger partial charge in [-0.25, -0.2) is 4.98 Å². The van der Waals surface area contributed by atoms with Gasteiger partial charge in [-0.15, -0.1) is 11.3 Å². The number of para-hydroxylation sites is 2. The lowest BCUT2D eigenvalue weighted by Crippen LogP contribution is -2.30. The summed E-state index contributed by atoms with van der Waals surface area (Å²) >= 11 is 1.40. The maximum atomic E-state index is 12.1. The van der Waals surface area contributed by atoms with Crippen molar-refractivity contribution in [2.24, 2.45) is 0 Å². The highest BCUT2D eigenvalue weighted by Gasteiger charge is 2.09. The van der Waals surface area contributed by atoms with E-state index in [9.17, 15) is 9.59 Å². The second-order valence-electron chi connectivity index (χ2n) is 5.09. The van der Waals surface area contributed by atoms with Crippen molar-refractivity contribution in [3.05, 3.63) is 58.5 Å². The molecule has 2 N–H and O–H groups in total. The fourth-order valence-corrected chi connectivity index (χ4v) is 2.78. The van der Waals surface area contributed by atoms with Gasteiger partial charge in [0.1, 0.15) is 5.69 Å². The molecule has 0 saturated heterocycles. The van der Waals surface area contributed by atoms with Crippen molar-refractivity contribution in [1.82, 2.24) is 20.6 Å². The molecule has 1 aromatic carbocycles. The first-order valence-corrected chi connectivity index (χ1v) is 8.44. The molecule has 0 atom stereocenters. The molecule has 0 radical (unpaired) electrons. The normalized spacial score (nSPS) is 10.5. The second-order valence-corrected chi connectivity index (χ2v) is 6.03. The van der Waals surface area contributed by atoms with Crippen LogP contribution in [0.15, 0.2) is 48.0 Å². The molecular weight excluding hydrogens is 324 g/mol. The van der Waals surface area contributed by atoms with Crippen LogP contribution in [0, 0.1) is 0 Å². The van der Waals surface area contributed by atoms with Crippen LogP contribution in [-0.2, 0) is 0 Å². The molecule has 0 spiro atoms. The summed E-state index contributed by atoms with van der Waals surface area (Å²) in [5.41, 5.74) is 1.73. The minimum atomic E-state index is -0.266. The molecule has 3 aromatic rings. The zero-order chi connectivity index (χ0) is 16.8. The standard InChI is InChI=1S/C17H16N4O2S/c22-16(14-11-20-12-5-1-2-6-13(12)21-14)18-8-4-9-19-17(23)15-7-3-10-24-15/h1-3,5-7,10-11H,4,8-9H2,(H,18,22)(H,19,23). The molecule has 3 rings (SSSR count). The number of fused-ring (bicyclic) bond motifs is 1. The largest absolute Gasteiger partial charge is 0.351 e. The predicted octanol–water partition coefficient (Wildman–Crippen LogP) is 2.24. The molecule has 122 valence electrons. The number of nitrogens with one attached hydrogen (secondary N) is 2. The summed E-state index contributed by atoms with van der Waals surface area (Å²) in [7, 11) is 0. The van der Waals surface area contributed by atoms with E-state index in [1.807, 2.05) is 35.7 Å². The first-order valence-electron chi connectivity index (χ1n) is 7.56. The Kier molecular flexibility index (Phi) is 5.12. The lowest BCUT2D eigenvalue weighted by molar-refractivity contribution is 0.0948. The summed E-state index contributed by atoms with van der Waals surface area (Å²) in [5, 5.41) is 7.46. The zero-order valence-corrected chi connectivity index (χ0v) is 13.7. The van der Waals surface area contributed by atoms with Gasteiger partial charge >= 0.3 is 0 Å². The number of hydrogen-bond acceptors (Lipinski definition) is 5. The molecular formula is C17H16N4O2S. The first-order chi connectivity index (χ1) is 11.7. The fourth-order valence-electron chi connectivity index (χ4n) is 2.14. The van der Waals surface area contributed by atoms with Crippen molar-refractivity contribution >= 4 is 34.2 Å². The summed E-state index contributed by atoms with van der Waals surface area (Å²) in [5.74, 6) is -0.352. The Morgan fingerprint density at radius 3 is 2.46 bits per heavy atom. The average molecular weight is 340 g/mol. The van der Waals surface area contributed by atoms with Gasteiger partial charge < -0.3 is 10.6 Å². The summed E-state index contributed by atoms with van der Waals surface area (Å²) in [6, 6.07) is 11.0. The first kappa shape index (κ1) is 16.1. The van der Waals surface area contributed by atoms with Gasteiger partial charge in [-0.05, 0) is 30.0 Å². The van der Waals surface area contributed by atoms with E-state index in [1.54, 1.807) is 6.07 Å². The molecule has 0 aliphatic rings. The molecule has 2 aromatic heterocycles. The second kappa shape index (κ2) is 7.65. The monoisotopic (exact) mass is 340 g/mol.